The number of hydrogen-bond acceptors (Lipinski definition) is 6. The quantitative estimate of drug-likeness (QED) is 0.214. The van der Waals surface area contributed by atoms with Gasteiger partial charge in [0.05, 0.1) is 12.2 Å². The molecule has 3 N–H and O–H groups in total. The van der Waals surface area contributed by atoms with E-state index in [1.54, 1.807) is 37.3 Å². The van der Waals surface area contributed by atoms with Gasteiger partial charge in [-0.05, 0) is 31.3 Å². The van der Waals surface area contributed by atoms with Crippen molar-refractivity contribution in [3.05, 3.63) is 54.6 Å². The smallest absolute Gasteiger partial charge is 0.330 e. The molecule has 1 rings (SSSR count). The zero-order valence-electron chi connectivity index (χ0n) is 14.1. The Balaban J connectivity index is 2.52. The van der Waals surface area contributed by atoms with Crippen LogP contribution in [-0.4, -0.2) is 36.1 Å². The minimum atomic E-state index is -0.653. The summed E-state index contributed by atoms with van der Waals surface area (Å²) >= 11 is 4.88. The van der Waals surface area contributed by atoms with Crippen molar-refractivity contribution in [1.29, 1.82) is 0 Å². The van der Waals surface area contributed by atoms with Crippen LogP contribution in [0.2, 0.25) is 0 Å². The number of amides is 2. The Bertz CT molecular complexity index is 718. The fraction of sp³-hybridized carbons (Fsp3) is 0.176. The van der Waals surface area contributed by atoms with Gasteiger partial charge in [-0.3, -0.25) is 25.8 Å². The highest BCUT2D eigenvalue weighted by atomic mass is 32.1. The van der Waals surface area contributed by atoms with E-state index in [-0.39, 0.29) is 23.9 Å². The van der Waals surface area contributed by atoms with Crippen LogP contribution in [0.1, 0.15) is 17.3 Å². The lowest BCUT2D eigenvalue weighted by molar-refractivity contribution is -0.137. The van der Waals surface area contributed by atoms with Gasteiger partial charge in [-0.25, -0.2) is 4.79 Å². The molecule has 1 aromatic carbocycles. The Morgan fingerprint density at radius 3 is 2.62 bits per heavy atom. The van der Waals surface area contributed by atoms with Crippen molar-refractivity contribution < 1.29 is 23.9 Å². The molecular formula is C17H19N3O5S. The van der Waals surface area contributed by atoms with E-state index in [1.165, 1.54) is 0 Å². The molecule has 0 spiro atoms. The molecule has 0 aliphatic carbocycles. The monoisotopic (exact) mass is 377 g/mol. The number of carbonyl (C=O) groups excluding carboxylic acids is 3. The number of ether oxygens (including phenoxy) is 2. The van der Waals surface area contributed by atoms with Crippen molar-refractivity contribution in [3.63, 3.8) is 0 Å². The van der Waals surface area contributed by atoms with Crippen molar-refractivity contribution in [2.24, 2.45) is 0 Å². The molecule has 1 aromatic rings. The number of hydrogen-bond donors (Lipinski definition) is 3. The molecule has 0 saturated heterocycles. The number of para-hydroxylation sites is 1. The minimum Gasteiger partial charge on any atom is -0.489 e. The van der Waals surface area contributed by atoms with Crippen molar-refractivity contribution >= 4 is 35.1 Å². The largest absolute Gasteiger partial charge is 0.489 e. The van der Waals surface area contributed by atoms with Crippen molar-refractivity contribution in [2.75, 3.05) is 13.2 Å². The fourth-order valence-corrected chi connectivity index (χ4v) is 1.78. The van der Waals surface area contributed by atoms with E-state index in [2.05, 4.69) is 27.5 Å². The zero-order chi connectivity index (χ0) is 19.4. The molecule has 0 aromatic heterocycles. The standard InChI is InChI=1S/C17H19N3O5S/c1-3-11-25-13-8-6-5-7-12(13)16(23)19-20-17(26)18-14(21)9-10-15(22)24-4-2/h3,5-10H,1,4,11H2,2H3,(H,19,23)(H2,18,20,21,26)/b10-9+. The van der Waals surface area contributed by atoms with Crippen LogP contribution in [0.5, 0.6) is 5.75 Å². The molecule has 8 nitrogen and oxygen atoms in total. The number of carbonyl (C=O) groups is 3. The number of nitrogens with one attached hydrogen (secondary N) is 3. The van der Waals surface area contributed by atoms with Gasteiger partial charge in [0.25, 0.3) is 5.91 Å². The third-order valence-electron chi connectivity index (χ3n) is 2.67. The summed E-state index contributed by atoms with van der Waals surface area (Å²) in [6.45, 7) is 5.64. The van der Waals surface area contributed by atoms with Gasteiger partial charge >= 0.3 is 5.97 Å². The van der Waals surface area contributed by atoms with Gasteiger partial charge in [-0.2, -0.15) is 0 Å². The van der Waals surface area contributed by atoms with Crippen molar-refractivity contribution in [3.8, 4) is 5.75 Å². The van der Waals surface area contributed by atoms with Gasteiger partial charge in [0.2, 0.25) is 5.91 Å². The zero-order valence-corrected chi connectivity index (χ0v) is 14.9. The molecule has 0 unspecified atom stereocenters. The van der Waals surface area contributed by atoms with E-state index in [9.17, 15) is 14.4 Å². The van der Waals surface area contributed by atoms with Gasteiger partial charge in [0.15, 0.2) is 5.11 Å². The first-order valence-electron chi connectivity index (χ1n) is 7.56. The molecule has 0 bridgehead atoms. The number of thiocarbonyl (C=S) groups is 1. The lowest BCUT2D eigenvalue weighted by Gasteiger charge is -2.12. The molecule has 0 heterocycles. The Morgan fingerprint density at radius 2 is 1.92 bits per heavy atom. The number of rotatable bonds is 7. The summed E-state index contributed by atoms with van der Waals surface area (Å²) in [4.78, 5) is 34.9. The Hall–Kier alpha value is -3.20. The van der Waals surface area contributed by atoms with E-state index in [1.807, 2.05) is 0 Å². The topological polar surface area (TPSA) is 106 Å². The SMILES string of the molecule is C=CCOc1ccccc1C(=O)NNC(=S)NC(=O)/C=C/C(=O)OCC. The summed E-state index contributed by atoms with van der Waals surface area (Å²) < 4.78 is 10.0. The van der Waals surface area contributed by atoms with Crippen LogP contribution in [0.4, 0.5) is 0 Å². The van der Waals surface area contributed by atoms with Crippen molar-refractivity contribution in [2.45, 2.75) is 6.92 Å². The van der Waals surface area contributed by atoms with Gasteiger partial charge in [0.1, 0.15) is 12.4 Å². The molecule has 0 fully saturated rings. The van der Waals surface area contributed by atoms with Gasteiger partial charge in [-0.1, -0.05) is 24.8 Å². The van der Waals surface area contributed by atoms with E-state index in [4.69, 9.17) is 17.0 Å². The van der Waals surface area contributed by atoms with Crippen LogP contribution >= 0.6 is 12.2 Å². The van der Waals surface area contributed by atoms with Crippen LogP contribution in [0.25, 0.3) is 0 Å². The lowest BCUT2D eigenvalue weighted by Crippen LogP contribution is -2.48. The first-order chi connectivity index (χ1) is 12.5. The van der Waals surface area contributed by atoms with E-state index < -0.39 is 17.8 Å². The maximum absolute atomic E-state index is 12.2. The summed E-state index contributed by atoms with van der Waals surface area (Å²) in [7, 11) is 0. The van der Waals surface area contributed by atoms with Gasteiger partial charge in [-0.15, -0.1) is 0 Å². The molecule has 2 amide bonds. The highest BCUT2D eigenvalue weighted by Crippen LogP contribution is 2.17. The number of benzene rings is 1. The third kappa shape index (κ3) is 7.58. The van der Waals surface area contributed by atoms with Crippen LogP contribution in [0, 0.1) is 0 Å². The van der Waals surface area contributed by atoms with Crippen molar-refractivity contribution in [1.82, 2.24) is 16.2 Å². The second-order valence-electron chi connectivity index (χ2n) is 4.58. The molecule has 0 atom stereocenters. The maximum atomic E-state index is 12.2. The molecule has 0 radical (unpaired) electrons. The molecule has 0 aliphatic heterocycles. The first-order valence-corrected chi connectivity index (χ1v) is 7.97. The van der Waals surface area contributed by atoms with Gasteiger partial charge < -0.3 is 9.47 Å². The average Bonchev–Trinajstić information content (AvgIpc) is 2.63. The van der Waals surface area contributed by atoms with Crippen LogP contribution in [0.3, 0.4) is 0 Å². The molecule has 0 saturated carbocycles. The van der Waals surface area contributed by atoms with Crippen LogP contribution in [0.15, 0.2) is 49.1 Å². The second kappa shape index (κ2) is 11.4. The fourth-order valence-electron chi connectivity index (χ4n) is 1.63. The maximum Gasteiger partial charge on any atom is 0.330 e. The van der Waals surface area contributed by atoms with E-state index in [0.717, 1.165) is 12.2 Å². The lowest BCUT2D eigenvalue weighted by atomic mass is 10.2. The highest BCUT2D eigenvalue weighted by molar-refractivity contribution is 7.80. The van der Waals surface area contributed by atoms with Crippen LogP contribution in [-0.2, 0) is 14.3 Å². The molecular weight excluding hydrogens is 358 g/mol. The number of esters is 1. The first kappa shape index (κ1) is 20.8. The molecule has 138 valence electrons. The Labute approximate surface area is 156 Å². The molecule has 26 heavy (non-hydrogen) atoms. The minimum absolute atomic E-state index is 0.152. The summed E-state index contributed by atoms with van der Waals surface area (Å²) in [6, 6.07) is 6.61. The predicted molar refractivity (Wildman–Crippen MR) is 99.2 cm³/mol. The van der Waals surface area contributed by atoms with Gasteiger partial charge in [0, 0.05) is 12.2 Å². The second-order valence-corrected chi connectivity index (χ2v) is 4.99. The Morgan fingerprint density at radius 1 is 1.19 bits per heavy atom. The molecule has 0 aliphatic rings. The average molecular weight is 377 g/mol. The summed E-state index contributed by atoms with van der Waals surface area (Å²) in [6.07, 6.45) is 3.49. The van der Waals surface area contributed by atoms with E-state index in [0.29, 0.717) is 5.75 Å². The predicted octanol–water partition coefficient (Wildman–Crippen LogP) is 1.01. The summed E-state index contributed by atoms with van der Waals surface area (Å²) in [5.41, 5.74) is 5.00. The third-order valence-corrected chi connectivity index (χ3v) is 2.88. The molecule has 9 heteroatoms. The number of hydrazine groups is 1. The van der Waals surface area contributed by atoms with Crippen LogP contribution < -0.4 is 20.9 Å². The Kier molecular flexibility index (Phi) is 9.12. The summed E-state index contributed by atoms with van der Waals surface area (Å²) in [5, 5.41) is 2.11. The summed E-state index contributed by atoms with van der Waals surface area (Å²) in [5.74, 6) is -1.44. The van der Waals surface area contributed by atoms with E-state index >= 15 is 0 Å². The normalized spacial score (nSPS) is 9.88. The highest BCUT2D eigenvalue weighted by Gasteiger charge is 2.12.